The lowest BCUT2D eigenvalue weighted by Crippen LogP contribution is -2.73. The molecule has 0 aromatic heterocycles. The number of carbonyl (C=O) groups excluding carboxylic acids is 2. The number of hydrogen-bond acceptors (Lipinski definition) is 5. The van der Waals surface area contributed by atoms with Gasteiger partial charge in [-0.05, 0) is 24.7 Å². The van der Waals surface area contributed by atoms with Crippen molar-refractivity contribution >= 4 is 27.8 Å². The molecule has 2 heterocycles. The van der Waals surface area contributed by atoms with E-state index in [1.165, 1.54) is 5.01 Å². The number of carboxylic acids is 1. The van der Waals surface area contributed by atoms with Crippen molar-refractivity contribution in [2.75, 3.05) is 12.8 Å². The number of amides is 2. The number of sulfonamides is 1. The van der Waals surface area contributed by atoms with Gasteiger partial charge in [-0.3, -0.25) is 14.6 Å². The highest BCUT2D eigenvalue weighted by molar-refractivity contribution is 7.88. The summed E-state index contributed by atoms with van der Waals surface area (Å²) in [5, 5.41) is 12.2. The maximum absolute atomic E-state index is 13.1. The smallest absolute Gasteiger partial charge is 0.332 e. The summed E-state index contributed by atoms with van der Waals surface area (Å²) >= 11 is 0. The minimum absolute atomic E-state index is 0.00240. The molecule has 0 bridgehead atoms. The van der Waals surface area contributed by atoms with Crippen molar-refractivity contribution in [2.45, 2.75) is 58.0 Å². The maximum atomic E-state index is 13.1. The molecule has 0 unspecified atom stereocenters. The average molecular weight is 375 g/mol. The molecule has 0 radical (unpaired) electrons. The number of hydrogen-bond donors (Lipinski definition) is 2. The Bertz CT molecular complexity index is 699. The van der Waals surface area contributed by atoms with E-state index in [2.05, 4.69) is 4.72 Å². The van der Waals surface area contributed by atoms with Gasteiger partial charge in [0, 0.05) is 13.0 Å². The van der Waals surface area contributed by atoms with Crippen LogP contribution in [0.3, 0.4) is 0 Å². The molecule has 10 heteroatoms. The van der Waals surface area contributed by atoms with E-state index in [-0.39, 0.29) is 31.7 Å². The van der Waals surface area contributed by atoms with E-state index in [4.69, 9.17) is 0 Å². The Hall–Kier alpha value is -1.68. The van der Waals surface area contributed by atoms with Crippen molar-refractivity contribution in [1.82, 2.24) is 14.7 Å². The summed E-state index contributed by atoms with van der Waals surface area (Å²) in [4.78, 5) is 37.9. The lowest BCUT2D eigenvalue weighted by atomic mass is 9.69. The monoisotopic (exact) mass is 375 g/mol. The Kier molecular flexibility index (Phi) is 4.90. The van der Waals surface area contributed by atoms with Gasteiger partial charge in [0.15, 0.2) is 5.54 Å². The van der Waals surface area contributed by atoms with Crippen LogP contribution in [0.1, 0.15) is 46.5 Å². The van der Waals surface area contributed by atoms with Crippen LogP contribution in [0.4, 0.5) is 0 Å². The van der Waals surface area contributed by atoms with Crippen molar-refractivity contribution in [3.05, 3.63) is 0 Å². The molecule has 0 aromatic carbocycles. The summed E-state index contributed by atoms with van der Waals surface area (Å²) < 4.78 is 25.4. The summed E-state index contributed by atoms with van der Waals surface area (Å²) in [6, 6.07) is -1.16. The SMILES string of the molecule is CC(C)(C)[C@]1(C(=O)O)CCCN2C(=O)CC[C@H](NS(C)(=O)=O)C(=O)N21. The molecule has 2 aliphatic heterocycles. The van der Waals surface area contributed by atoms with Gasteiger partial charge in [-0.1, -0.05) is 20.8 Å². The highest BCUT2D eigenvalue weighted by Crippen LogP contribution is 2.44. The topological polar surface area (TPSA) is 124 Å². The Morgan fingerprint density at radius 3 is 2.40 bits per heavy atom. The van der Waals surface area contributed by atoms with Gasteiger partial charge in [-0.25, -0.2) is 22.9 Å². The van der Waals surface area contributed by atoms with E-state index in [0.29, 0.717) is 6.42 Å². The van der Waals surface area contributed by atoms with Crippen LogP contribution >= 0.6 is 0 Å². The number of rotatable bonds is 3. The van der Waals surface area contributed by atoms with Crippen molar-refractivity contribution in [1.29, 1.82) is 0 Å². The summed E-state index contributed by atoms with van der Waals surface area (Å²) in [7, 11) is -3.70. The third-order valence-electron chi connectivity index (χ3n) is 4.90. The van der Waals surface area contributed by atoms with Crippen LogP contribution < -0.4 is 4.72 Å². The molecule has 2 rings (SSSR count). The summed E-state index contributed by atoms with van der Waals surface area (Å²) in [6.45, 7) is 5.34. The maximum Gasteiger partial charge on any atom is 0.332 e. The summed E-state index contributed by atoms with van der Waals surface area (Å²) in [6.07, 6.45) is 1.53. The highest BCUT2D eigenvalue weighted by atomic mass is 32.2. The predicted octanol–water partition coefficient (Wildman–Crippen LogP) is -0.0665. The second-order valence-electron chi connectivity index (χ2n) is 7.67. The average Bonchev–Trinajstić information content (AvgIpc) is 2.56. The zero-order valence-electron chi connectivity index (χ0n) is 14.9. The second kappa shape index (κ2) is 6.24. The molecule has 142 valence electrons. The lowest BCUT2D eigenvalue weighted by Gasteiger charge is -2.55. The van der Waals surface area contributed by atoms with E-state index in [9.17, 15) is 27.9 Å². The van der Waals surface area contributed by atoms with Crippen LogP contribution in [0.2, 0.25) is 0 Å². The first-order valence-electron chi connectivity index (χ1n) is 8.16. The van der Waals surface area contributed by atoms with Crippen LogP contribution in [0, 0.1) is 5.41 Å². The van der Waals surface area contributed by atoms with Gasteiger partial charge in [0.1, 0.15) is 6.04 Å². The zero-order valence-corrected chi connectivity index (χ0v) is 15.7. The molecule has 2 saturated heterocycles. The molecule has 0 spiro atoms. The minimum atomic E-state index is -3.70. The molecule has 2 amide bonds. The quantitative estimate of drug-likeness (QED) is 0.712. The fourth-order valence-electron chi connectivity index (χ4n) is 3.69. The second-order valence-corrected chi connectivity index (χ2v) is 9.45. The molecule has 0 aromatic rings. The predicted molar refractivity (Wildman–Crippen MR) is 88.6 cm³/mol. The Morgan fingerprint density at radius 1 is 1.32 bits per heavy atom. The Morgan fingerprint density at radius 2 is 1.92 bits per heavy atom. The first-order chi connectivity index (χ1) is 11.3. The number of nitrogens with zero attached hydrogens (tertiary/aromatic N) is 2. The molecule has 2 atom stereocenters. The van der Waals surface area contributed by atoms with Crippen molar-refractivity contribution in [3.8, 4) is 0 Å². The standard InChI is InChI=1S/C15H25N3O6S/c1-14(2,3)15(13(21)22)8-5-9-17-11(19)7-6-10(12(20)18(15)17)16-25(4,23)24/h10,16H,5-9H2,1-4H3,(H,21,22)/t10-,15+/m0/s1. The van der Waals surface area contributed by atoms with Gasteiger partial charge >= 0.3 is 5.97 Å². The van der Waals surface area contributed by atoms with Gasteiger partial charge in [0.05, 0.1) is 6.26 Å². The highest BCUT2D eigenvalue weighted by Gasteiger charge is 2.60. The number of hydrazine groups is 1. The van der Waals surface area contributed by atoms with E-state index >= 15 is 0 Å². The number of fused-ring (bicyclic) bond motifs is 1. The minimum Gasteiger partial charge on any atom is -0.479 e. The van der Waals surface area contributed by atoms with Crippen molar-refractivity contribution in [3.63, 3.8) is 0 Å². The van der Waals surface area contributed by atoms with Crippen molar-refractivity contribution < 1.29 is 27.9 Å². The molecule has 2 N–H and O–H groups in total. The molecular formula is C15H25N3O6S. The largest absolute Gasteiger partial charge is 0.479 e. The lowest BCUT2D eigenvalue weighted by molar-refractivity contribution is -0.209. The van der Waals surface area contributed by atoms with Crippen LogP contribution in [-0.4, -0.2) is 65.7 Å². The van der Waals surface area contributed by atoms with Crippen molar-refractivity contribution in [2.24, 2.45) is 5.41 Å². The van der Waals surface area contributed by atoms with Gasteiger partial charge in [-0.2, -0.15) is 0 Å². The van der Waals surface area contributed by atoms with E-state index in [1.807, 2.05) is 0 Å². The first kappa shape index (κ1) is 19.6. The first-order valence-corrected chi connectivity index (χ1v) is 10.1. The summed E-state index contributed by atoms with van der Waals surface area (Å²) in [5.41, 5.74) is -2.49. The molecule has 2 fully saturated rings. The number of nitrogens with one attached hydrogen (secondary N) is 1. The van der Waals surface area contributed by atoms with Gasteiger partial charge in [0.2, 0.25) is 15.9 Å². The normalized spacial score (nSPS) is 28.6. The number of carbonyl (C=O) groups is 3. The Balaban J connectivity index is 2.61. The third-order valence-corrected chi connectivity index (χ3v) is 5.62. The van der Waals surface area contributed by atoms with Gasteiger partial charge < -0.3 is 5.11 Å². The third kappa shape index (κ3) is 3.37. The number of aliphatic carboxylic acids is 1. The molecule has 0 saturated carbocycles. The molecule has 9 nitrogen and oxygen atoms in total. The van der Waals surface area contributed by atoms with Crippen LogP contribution in [-0.2, 0) is 24.4 Å². The fraction of sp³-hybridized carbons (Fsp3) is 0.800. The molecule has 25 heavy (non-hydrogen) atoms. The summed E-state index contributed by atoms with van der Waals surface area (Å²) in [5.74, 6) is -2.28. The molecular weight excluding hydrogens is 350 g/mol. The Labute approximate surface area is 147 Å². The van der Waals surface area contributed by atoms with Gasteiger partial charge in [-0.15, -0.1) is 0 Å². The number of carboxylic acid groups (broad SMARTS) is 1. The fourth-order valence-corrected chi connectivity index (χ4v) is 4.42. The van der Waals surface area contributed by atoms with Crippen LogP contribution in [0.5, 0.6) is 0 Å². The van der Waals surface area contributed by atoms with Crippen LogP contribution in [0.15, 0.2) is 0 Å². The van der Waals surface area contributed by atoms with Gasteiger partial charge in [0.25, 0.3) is 5.91 Å². The molecule has 2 aliphatic rings. The molecule has 0 aliphatic carbocycles. The van der Waals surface area contributed by atoms with E-state index in [1.54, 1.807) is 20.8 Å². The zero-order chi connectivity index (χ0) is 19.2. The van der Waals surface area contributed by atoms with E-state index in [0.717, 1.165) is 11.3 Å². The van der Waals surface area contributed by atoms with Crippen LogP contribution in [0.25, 0.3) is 0 Å². The van der Waals surface area contributed by atoms with E-state index < -0.39 is 38.9 Å².